The second-order valence-corrected chi connectivity index (χ2v) is 33.4. The van der Waals surface area contributed by atoms with Crippen LogP contribution in [0, 0.1) is 5.41 Å². The van der Waals surface area contributed by atoms with E-state index < -0.39 is 229 Å². The topological polar surface area (TPSA) is 662 Å². The number of hydrogen-bond acceptors (Lipinski definition) is 23. The molecule has 3 fully saturated rings. The number of primary amides is 2. The SMILES string of the molecule is CCCC[C@H]1C(=O)N(C)[C@@H](C)C(=O)N[C@@H](CCCNC(=N)N)C(=O)NC(C(=O)NCC(N)=O)CSCC(=O)N[C@@H](Cc2ccc(O)cc2)C(=O)N(C)[C@@H](C)C(=O)N[C@@H](CC(N)=O)C(=O)N2CCC[C@H]2C(=O)N[C@@H](Cc2cnc[nH]2)C(=O)N[C@H](CO)C(=O)N2CCC[C@H]2C(=O)N[C@@H](Cc2c[nH]c3ccccc23)C(=O)N[C@@H](CO)C(=O)N[C@@H](Cc2c[nH]c3ccccc23)C(=O)N1C. The number of aliphatic hydroxyl groups is 2. The zero-order chi connectivity index (χ0) is 94.7. The summed E-state index contributed by atoms with van der Waals surface area (Å²) in [6.45, 7) is 1.27. The van der Waals surface area contributed by atoms with Crippen LogP contribution in [0.1, 0.15) is 107 Å². The van der Waals surface area contributed by atoms with Crippen LogP contribution in [-0.4, -0.2) is 323 Å². The van der Waals surface area contributed by atoms with Crippen molar-refractivity contribution in [3.8, 4) is 5.75 Å². The molecule has 0 radical (unpaired) electrons. The highest BCUT2D eigenvalue weighted by Gasteiger charge is 2.45. The maximum Gasteiger partial charge on any atom is 0.248 e. The smallest absolute Gasteiger partial charge is 0.248 e. The quantitative estimate of drug-likeness (QED) is 0.0172. The summed E-state index contributed by atoms with van der Waals surface area (Å²) in [5.41, 5.74) is 19.6. The molecule has 44 nitrogen and oxygen atoms in total. The van der Waals surface area contributed by atoms with Gasteiger partial charge in [-0.3, -0.25) is 86.9 Å². The molecule has 14 atom stereocenters. The molecule has 45 heteroatoms. The summed E-state index contributed by atoms with van der Waals surface area (Å²) in [6.07, 6.45) is 4.76. The zero-order valence-corrected chi connectivity index (χ0v) is 73.8. The van der Waals surface area contributed by atoms with Crippen molar-refractivity contribution in [1.82, 2.24) is 103 Å². The largest absolute Gasteiger partial charge is 0.508 e. The second-order valence-electron chi connectivity index (χ2n) is 32.3. The van der Waals surface area contributed by atoms with Crippen LogP contribution in [0.3, 0.4) is 0 Å². The molecule has 17 amide bonds. The molecule has 24 N–H and O–H groups in total. The highest BCUT2D eigenvalue weighted by molar-refractivity contribution is 8.00. The summed E-state index contributed by atoms with van der Waals surface area (Å²) >= 11 is 0.748. The number of H-pyrrole nitrogens is 3. The van der Waals surface area contributed by atoms with E-state index in [1.54, 1.807) is 60.9 Å². The first-order valence-corrected chi connectivity index (χ1v) is 43.9. The van der Waals surface area contributed by atoms with Gasteiger partial charge in [0.15, 0.2) is 5.96 Å². The van der Waals surface area contributed by atoms with E-state index >= 15 is 19.2 Å². The number of aromatic hydroxyl groups is 1. The number of phenols is 1. The summed E-state index contributed by atoms with van der Waals surface area (Å²) in [7, 11) is 3.80. The number of nitrogens with zero attached hydrogens (tertiary/aromatic N) is 6. The number of carbonyl (C=O) groups is 17. The van der Waals surface area contributed by atoms with Crippen molar-refractivity contribution in [3.63, 3.8) is 0 Å². The van der Waals surface area contributed by atoms with Crippen molar-refractivity contribution in [2.24, 2.45) is 17.2 Å². The van der Waals surface area contributed by atoms with Crippen LogP contribution in [-0.2, 0) is 107 Å². The predicted octanol–water partition coefficient (Wildman–Crippen LogP) is -5.12. The van der Waals surface area contributed by atoms with Crippen LogP contribution >= 0.6 is 11.8 Å². The molecular formula is C85H116N24O20S. The van der Waals surface area contributed by atoms with Crippen LogP contribution in [0.2, 0.25) is 0 Å². The lowest BCUT2D eigenvalue weighted by atomic mass is 10.0. The van der Waals surface area contributed by atoms with E-state index in [9.17, 15) is 77.6 Å². The molecule has 0 aliphatic carbocycles. The van der Waals surface area contributed by atoms with Crippen molar-refractivity contribution < 1.29 is 96.8 Å². The minimum absolute atomic E-state index is 0.0161. The third kappa shape index (κ3) is 26.9. The minimum atomic E-state index is -1.87. The van der Waals surface area contributed by atoms with Gasteiger partial charge in [0, 0.05) is 118 Å². The lowest BCUT2D eigenvalue weighted by Crippen LogP contribution is -2.62. The Morgan fingerprint density at radius 3 is 1.55 bits per heavy atom. The number of hydrogen-bond donors (Lipinski definition) is 21. The molecule has 6 aromatic rings. The average Bonchev–Trinajstić information content (AvgIpc) is 1.60. The molecule has 3 saturated heterocycles. The van der Waals surface area contributed by atoms with Gasteiger partial charge >= 0.3 is 0 Å². The number of benzene rings is 3. The number of nitrogens with two attached hydrogens (primary N) is 3. The maximum absolute atomic E-state index is 15.5. The predicted molar refractivity (Wildman–Crippen MR) is 472 cm³/mol. The Morgan fingerprint density at radius 1 is 0.515 bits per heavy atom. The highest BCUT2D eigenvalue weighted by atomic mass is 32.2. The number of fused-ring (bicyclic) bond motifs is 4. The molecule has 3 aliphatic heterocycles. The number of aliphatic hydroxyl groups excluding tert-OH is 2. The molecule has 0 saturated carbocycles. The van der Waals surface area contributed by atoms with Crippen molar-refractivity contribution in [1.29, 1.82) is 5.41 Å². The van der Waals surface area contributed by atoms with Crippen LogP contribution < -0.4 is 75.7 Å². The maximum atomic E-state index is 15.5. The molecule has 0 spiro atoms. The number of nitrogens with one attached hydrogen (secondary N) is 15. The van der Waals surface area contributed by atoms with E-state index in [2.05, 4.69) is 78.4 Å². The summed E-state index contributed by atoms with van der Waals surface area (Å²) in [5, 5.41) is 69.7. The third-order valence-corrected chi connectivity index (χ3v) is 24.2. The number of carbonyl (C=O) groups excluding carboxylic acids is 17. The van der Waals surface area contributed by atoms with Crippen molar-refractivity contribution in [3.05, 3.63) is 120 Å². The van der Waals surface area contributed by atoms with E-state index in [0.29, 0.717) is 51.3 Å². The summed E-state index contributed by atoms with van der Waals surface area (Å²) < 4.78 is 0. The number of rotatable bonds is 22. The molecule has 3 aliphatic rings. The number of likely N-dealkylation sites (N-methyl/N-ethyl adjacent to an activating group) is 3. The van der Waals surface area contributed by atoms with Crippen molar-refractivity contribution in [2.75, 3.05) is 72.0 Å². The van der Waals surface area contributed by atoms with Gasteiger partial charge in [0.05, 0.1) is 38.3 Å². The number of imidazole rings is 1. The number of aromatic amines is 3. The van der Waals surface area contributed by atoms with Gasteiger partial charge in [0.1, 0.15) is 90.3 Å². The Hall–Kier alpha value is -13.7. The fraction of sp³-hybridized carbons (Fsp3) is 0.494. The molecule has 0 bridgehead atoms. The lowest BCUT2D eigenvalue weighted by molar-refractivity contribution is -0.149. The molecular weight excluding hydrogens is 1710 g/mol. The number of thioether (sulfide) groups is 1. The number of amides is 17. The Labute approximate surface area is 751 Å². The van der Waals surface area contributed by atoms with Crippen LogP contribution in [0.5, 0.6) is 5.75 Å². The van der Waals surface area contributed by atoms with E-state index in [4.69, 9.17) is 22.6 Å². The third-order valence-electron chi connectivity index (χ3n) is 23.1. The number of guanidine groups is 1. The average molecular weight is 1830 g/mol. The summed E-state index contributed by atoms with van der Waals surface area (Å²) in [6, 6.07) is -2.53. The van der Waals surface area contributed by atoms with Crippen LogP contribution in [0.15, 0.2) is 97.7 Å². The Morgan fingerprint density at radius 2 is 1.01 bits per heavy atom. The van der Waals surface area contributed by atoms with E-state index in [0.717, 1.165) is 36.3 Å². The zero-order valence-electron chi connectivity index (χ0n) is 73.0. The van der Waals surface area contributed by atoms with E-state index in [1.165, 1.54) is 71.8 Å². The van der Waals surface area contributed by atoms with Gasteiger partial charge in [-0.15, -0.1) is 11.8 Å². The first-order chi connectivity index (χ1) is 62.0. The Balaban J connectivity index is 1.07. The highest BCUT2D eigenvalue weighted by Crippen LogP contribution is 2.27. The second kappa shape index (κ2) is 47.4. The Bertz CT molecular complexity index is 5090. The van der Waals surface area contributed by atoms with Crippen LogP contribution in [0.4, 0.5) is 0 Å². The molecule has 3 aromatic carbocycles. The number of aromatic nitrogens is 4. The van der Waals surface area contributed by atoms with Gasteiger partial charge in [-0.2, -0.15) is 0 Å². The first-order valence-electron chi connectivity index (χ1n) is 42.7. The fourth-order valence-corrected chi connectivity index (χ4v) is 16.5. The molecule has 6 heterocycles. The molecule has 702 valence electrons. The van der Waals surface area contributed by atoms with Gasteiger partial charge in [0.25, 0.3) is 0 Å². The number of phenolic OH excluding ortho intramolecular Hbond substituents is 1. The minimum Gasteiger partial charge on any atom is -0.508 e. The standard InChI is InChI=1S/C85H116N24O20S/c1-7-8-21-67-84(129)106(5)46(3)71(116)97-56(20-13-28-91-85(88)89)74(119)104-64(73(118)94-39-69(87)114)42-130-43-70(115)96-59(31-47-24-26-51(112)27-25-47)80(125)105(4)45(2)72(117)100-61(35-68(86)113)82(127)108-29-14-22-65(108)79(124)99-58(34-50-38-90-44-95-50)76(121)103-63(41-111)83(128)109-30-15-23-66(109)78(123)98-57(32-48-36-92-54-18-11-9-16-52(48)54)75(120)102-62(40-110)77(122)101-60(81(126)107(67)6)33-49-37-93-55-19-12-10-17-53(49)55/h9-12,16-19,24-27,36-38,44-46,56-67,92-93,110-112H,7-8,13-15,20-23,28-35,39-43H2,1-6H3,(H2,86,113)(H2,87,114)(H,90,95)(H,94,118)(H,96,115)(H,97,116)(H,98,123)(H,99,124)(H,100,117)(H,101,122)(H,102,120)(H,103,121)(H,104,119)(H4,88,89,91)/t45-,46-,56-,57-,58-,59-,60-,61-,62-,63+,64?,65-,66-,67-/m0/s1. The first kappa shape index (κ1) is 100. The number of para-hydroxylation sites is 2. The van der Waals surface area contributed by atoms with E-state index in [-0.39, 0.29) is 102 Å². The van der Waals surface area contributed by atoms with Gasteiger partial charge in [-0.05, 0) is 99.7 Å². The van der Waals surface area contributed by atoms with Gasteiger partial charge < -0.3 is 130 Å². The molecule has 130 heavy (non-hydrogen) atoms. The fourth-order valence-electron chi connectivity index (χ4n) is 15.6. The molecule has 9 rings (SSSR count). The monoisotopic (exact) mass is 1820 g/mol. The summed E-state index contributed by atoms with van der Waals surface area (Å²) in [4.78, 5) is 265. The van der Waals surface area contributed by atoms with E-state index in [1.807, 2.05) is 6.92 Å². The Kier molecular flexibility index (Phi) is 36.5. The van der Waals surface area contributed by atoms with Crippen molar-refractivity contribution >= 4 is 140 Å². The van der Waals surface area contributed by atoms with Gasteiger partial charge in [-0.1, -0.05) is 68.3 Å². The normalized spacial score (nSPS) is 24.6. The van der Waals surface area contributed by atoms with Gasteiger partial charge in [0.2, 0.25) is 100 Å². The van der Waals surface area contributed by atoms with Gasteiger partial charge in [-0.25, -0.2) is 4.98 Å². The van der Waals surface area contributed by atoms with Crippen molar-refractivity contribution in [2.45, 2.75) is 195 Å². The van der Waals surface area contributed by atoms with Crippen LogP contribution in [0.25, 0.3) is 21.8 Å². The lowest BCUT2D eigenvalue weighted by Gasteiger charge is -2.35. The molecule has 1 unspecified atom stereocenters. The molecule has 3 aromatic heterocycles. The number of unbranched alkanes of at least 4 members (excludes halogenated alkanes) is 1. The summed E-state index contributed by atoms with van der Waals surface area (Å²) in [5.74, 6) is -18.0.